The summed E-state index contributed by atoms with van der Waals surface area (Å²) in [5.41, 5.74) is 19.1. The molecule has 0 aliphatic heterocycles. The molecule has 0 amide bonds. The molecule has 0 atom stereocenters. The SMILES string of the molecule is Cc1ccc(N(c2cccc(C)c2)c2ccc(/C=C/c3cccc(/C=C/c4ccc(N(c5ccc(C)cc5)c5cccc(C)c5)cc4C)c3)c(C)c2)cc1. The number of hydrogen-bond acceptors (Lipinski definition) is 2. The van der Waals surface area contributed by atoms with Gasteiger partial charge in [0.2, 0.25) is 0 Å². The number of anilines is 6. The van der Waals surface area contributed by atoms with E-state index in [0.717, 1.165) is 34.1 Å². The zero-order valence-electron chi connectivity index (χ0n) is 32.2. The summed E-state index contributed by atoms with van der Waals surface area (Å²) in [6, 6.07) is 57.1. The quantitative estimate of drug-likeness (QED) is 0.131. The third-order valence-corrected chi connectivity index (χ3v) is 9.95. The van der Waals surface area contributed by atoms with Crippen LogP contribution in [0.15, 0.2) is 158 Å². The summed E-state index contributed by atoms with van der Waals surface area (Å²) in [6.45, 7) is 12.9. The molecule has 0 aromatic heterocycles. The predicted octanol–water partition coefficient (Wildman–Crippen LogP) is 14.8. The maximum atomic E-state index is 2.34. The Bertz CT molecular complexity index is 2280. The molecule has 0 fully saturated rings. The Hall–Kier alpha value is -6.38. The summed E-state index contributed by atoms with van der Waals surface area (Å²) in [7, 11) is 0. The van der Waals surface area contributed by atoms with Crippen molar-refractivity contribution in [3.05, 3.63) is 213 Å². The Morgan fingerprint density at radius 3 is 1.06 bits per heavy atom. The molecule has 0 radical (unpaired) electrons. The van der Waals surface area contributed by atoms with E-state index < -0.39 is 0 Å². The van der Waals surface area contributed by atoms with E-state index >= 15 is 0 Å². The van der Waals surface area contributed by atoms with Crippen molar-refractivity contribution in [2.45, 2.75) is 41.5 Å². The first-order valence-corrected chi connectivity index (χ1v) is 18.7. The van der Waals surface area contributed by atoms with Crippen LogP contribution in [-0.4, -0.2) is 0 Å². The molecule has 2 heteroatoms. The van der Waals surface area contributed by atoms with E-state index in [-0.39, 0.29) is 0 Å². The summed E-state index contributed by atoms with van der Waals surface area (Å²) in [5.74, 6) is 0. The smallest absolute Gasteiger partial charge is 0.0464 e. The van der Waals surface area contributed by atoms with E-state index in [4.69, 9.17) is 0 Å². The fourth-order valence-corrected chi connectivity index (χ4v) is 6.93. The van der Waals surface area contributed by atoms with Crippen molar-refractivity contribution in [2.24, 2.45) is 0 Å². The van der Waals surface area contributed by atoms with Crippen LogP contribution in [0.4, 0.5) is 34.1 Å². The Balaban J connectivity index is 1.10. The zero-order chi connectivity index (χ0) is 37.6. The summed E-state index contributed by atoms with van der Waals surface area (Å²) in [5, 5.41) is 0. The highest BCUT2D eigenvalue weighted by atomic mass is 15.1. The number of hydrogen-bond donors (Lipinski definition) is 0. The highest BCUT2D eigenvalue weighted by Gasteiger charge is 2.15. The van der Waals surface area contributed by atoms with Crippen LogP contribution < -0.4 is 9.80 Å². The lowest BCUT2D eigenvalue weighted by Crippen LogP contribution is -2.10. The molecule has 0 unspecified atom stereocenters. The first kappa shape index (κ1) is 36.0. The van der Waals surface area contributed by atoms with Gasteiger partial charge in [0, 0.05) is 34.1 Å². The lowest BCUT2D eigenvalue weighted by Gasteiger charge is -2.26. The molecule has 2 nitrogen and oxygen atoms in total. The van der Waals surface area contributed by atoms with Gasteiger partial charge in [0.05, 0.1) is 0 Å². The number of aryl methyl sites for hydroxylation is 6. The van der Waals surface area contributed by atoms with Crippen LogP contribution in [0.3, 0.4) is 0 Å². The minimum Gasteiger partial charge on any atom is -0.310 e. The average Bonchev–Trinajstić information content (AvgIpc) is 3.16. The van der Waals surface area contributed by atoms with Crippen molar-refractivity contribution < 1.29 is 0 Å². The Morgan fingerprint density at radius 1 is 0.296 bits per heavy atom. The fourth-order valence-electron chi connectivity index (χ4n) is 6.93. The minimum atomic E-state index is 1.15. The van der Waals surface area contributed by atoms with Gasteiger partial charge in [0.1, 0.15) is 0 Å². The number of rotatable bonds is 10. The van der Waals surface area contributed by atoms with Crippen molar-refractivity contribution in [1.29, 1.82) is 0 Å². The highest BCUT2D eigenvalue weighted by Crippen LogP contribution is 2.38. The summed E-state index contributed by atoms with van der Waals surface area (Å²) in [6.07, 6.45) is 8.87. The van der Waals surface area contributed by atoms with E-state index in [1.165, 1.54) is 55.6 Å². The van der Waals surface area contributed by atoms with Gasteiger partial charge in [0.15, 0.2) is 0 Å². The van der Waals surface area contributed by atoms with Gasteiger partial charge >= 0.3 is 0 Å². The molecule has 0 heterocycles. The maximum Gasteiger partial charge on any atom is 0.0464 e. The molecule has 0 aliphatic carbocycles. The molecule has 0 bridgehead atoms. The molecule has 7 aromatic rings. The van der Waals surface area contributed by atoms with Gasteiger partial charge in [-0.15, -0.1) is 0 Å². The largest absolute Gasteiger partial charge is 0.310 e. The first-order chi connectivity index (χ1) is 26.2. The molecule has 266 valence electrons. The maximum absolute atomic E-state index is 2.34. The third kappa shape index (κ3) is 8.46. The molecule has 0 spiro atoms. The molecule has 0 saturated heterocycles. The lowest BCUT2D eigenvalue weighted by atomic mass is 10.0. The van der Waals surface area contributed by atoms with E-state index in [1.807, 2.05) is 0 Å². The Morgan fingerprint density at radius 2 is 0.667 bits per heavy atom. The van der Waals surface area contributed by atoms with Crippen molar-refractivity contribution in [3.63, 3.8) is 0 Å². The van der Waals surface area contributed by atoms with Crippen LogP contribution in [0.5, 0.6) is 0 Å². The van der Waals surface area contributed by atoms with Crippen LogP contribution in [-0.2, 0) is 0 Å². The van der Waals surface area contributed by atoms with Gasteiger partial charge < -0.3 is 9.80 Å². The van der Waals surface area contributed by atoms with Crippen molar-refractivity contribution in [2.75, 3.05) is 9.80 Å². The molecule has 7 rings (SSSR count). The normalized spacial score (nSPS) is 11.4. The first-order valence-electron chi connectivity index (χ1n) is 18.7. The second kappa shape index (κ2) is 16.1. The van der Waals surface area contributed by atoms with Crippen molar-refractivity contribution >= 4 is 58.4 Å². The summed E-state index contributed by atoms with van der Waals surface area (Å²) in [4.78, 5) is 4.67. The van der Waals surface area contributed by atoms with Gasteiger partial charge in [-0.3, -0.25) is 0 Å². The van der Waals surface area contributed by atoms with Crippen LogP contribution in [0.25, 0.3) is 24.3 Å². The molecule has 7 aromatic carbocycles. The third-order valence-electron chi connectivity index (χ3n) is 9.95. The van der Waals surface area contributed by atoms with Crippen LogP contribution in [0.2, 0.25) is 0 Å². The summed E-state index contributed by atoms with van der Waals surface area (Å²) >= 11 is 0. The van der Waals surface area contributed by atoms with Crippen LogP contribution >= 0.6 is 0 Å². The van der Waals surface area contributed by atoms with Gasteiger partial charge in [-0.2, -0.15) is 0 Å². The van der Waals surface area contributed by atoms with Gasteiger partial charge in [-0.05, 0) is 165 Å². The van der Waals surface area contributed by atoms with Crippen LogP contribution in [0, 0.1) is 41.5 Å². The minimum absolute atomic E-state index is 1.15. The second-order valence-corrected chi connectivity index (χ2v) is 14.4. The molecule has 0 saturated carbocycles. The van der Waals surface area contributed by atoms with Crippen LogP contribution in [0.1, 0.15) is 55.6 Å². The lowest BCUT2D eigenvalue weighted by molar-refractivity contribution is 1.25. The molecular weight excluding hydrogens is 653 g/mol. The van der Waals surface area contributed by atoms with Crippen molar-refractivity contribution in [1.82, 2.24) is 0 Å². The van der Waals surface area contributed by atoms with Gasteiger partial charge in [-0.1, -0.05) is 114 Å². The molecule has 0 N–H and O–H groups in total. The monoisotopic (exact) mass is 700 g/mol. The van der Waals surface area contributed by atoms with Gasteiger partial charge in [-0.25, -0.2) is 0 Å². The summed E-state index contributed by atoms with van der Waals surface area (Å²) < 4.78 is 0. The van der Waals surface area contributed by atoms with Gasteiger partial charge in [0.25, 0.3) is 0 Å². The predicted molar refractivity (Wildman–Crippen MR) is 235 cm³/mol. The van der Waals surface area contributed by atoms with E-state index in [9.17, 15) is 0 Å². The molecular formula is C52H48N2. The standard InChI is InChI=1S/C52H48N2/c1-37-16-26-47(27-17-37)53(49-14-7-10-39(3)32-49)51-30-24-45(41(5)34-51)22-20-43-12-9-13-44(36-43)21-23-46-25-31-52(35-42(46)6)54(48-28-18-38(2)19-29-48)50-15-8-11-40(4)33-50/h7-36H,1-6H3/b22-20+,23-21+. The topological polar surface area (TPSA) is 6.48 Å². The Kier molecular flexibility index (Phi) is 10.7. The fraction of sp³-hybridized carbons (Fsp3) is 0.115. The zero-order valence-corrected chi connectivity index (χ0v) is 32.2. The number of benzene rings is 7. The molecule has 54 heavy (non-hydrogen) atoms. The molecule has 0 aliphatic rings. The number of nitrogens with zero attached hydrogens (tertiary/aromatic N) is 2. The van der Waals surface area contributed by atoms with Crippen molar-refractivity contribution in [3.8, 4) is 0 Å². The van der Waals surface area contributed by atoms with E-state index in [0.29, 0.717) is 0 Å². The highest BCUT2D eigenvalue weighted by molar-refractivity contribution is 5.82. The van der Waals surface area contributed by atoms with E-state index in [2.05, 4.69) is 233 Å². The van der Waals surface area contributed by atoms with E-state index in [1.54, 1.807) is 0 Å². The second-order valence-electron chi connectivity index (χ2n) is 14.4. The average molecular weight is 701 g/mol. The Labute approximate surface area is 322 Å².